The Morgan fingerprint density at radius 3 is 2.95 bits per heavy atom. The Morgan fingerprint density at radius 1 is 1.53 bits per heavy atom. The molecule has 0 atom stereocenters. The summed E-state index contributed by atoms with van der Waals surface area (Å²) in [7, 11) is 0. The first-order valence-corrected chi connectivity index (χ1v) is 6.38. The van der Waals surface area contributed by atoms with Gasteiger partial charge in [-0.15, -0.1) is 24.0 Å². The van der Waals surface area contributed by atoms with Crippen LogP contribution in [0.5, 0.6) is 5.88 Å². The summed E-state index contributed by atoms with van der Waals surface area (Å²) in [5, 5.41) is 3.56. The zero-order chi connectivity index (χ0) is 13.2. The third-order valence-electron chi connectivity index (χ3n) is 2.15. The van der Waals surface area contributed by atoms with E-state index in [-0.39, 0.29) is 24.0 Å². The van der Waals surface area contributed by atoms with Crippen LogP contribution in [0.25, 0.3) is 0 Å². The van der Waals surface area contributed by atoms with Crippen molar-refractivity contribution in [3.63, 3.8) is 0 Å². The molecule has 0 saturated carbocycles. The molecule has 0 aliphatic carbocycles. The number of hydrogen-bond acceptors (Lipinski definition) is 3. The van der Waals surface area contributed by atoms with E-state index >= 15 is 0 Å². The summed E-state index contributed by atoms with van der Waals surface area (Å²) >= 11 is 5.71. The molecule has 1 rings (SSSR count). The molecule has 0 saturated heterocycles. The normalized spacial score (nSPS) is 10.7. The minimum atomic E-state index is 0. The molecule has 0 fully saturated rings. The van der Waals surface area contributed by atoms with Crippen LogP contribution in [0.4, 0.5) is 0 Å². The molecule has 0 aliphatic heterocycles. The van der Waals surface area contributed by atoms with E-state index in [9.17, 15) is 0 Å². The molecule has 0 unspecified atom stereocenters. The number of halogens is 2. The summed E-state index contributed by atoms with van der Waals surface area (Å²) in [4.78, 5) is 8.18. The molecule has 5 nitrogen and oxygen atoms in total. The van der Waals surface area contributed by atoms with Crippen LogP contribution in [-0.2, 0) is 0 Å². The summed E-state index contributed by atoms with van der Waals surface area (Å²) in [6.45, 7) is 3.94. The predicted octanol–water partition coefficient (Wildman–Crippen LogP) is 2.44. The van der Waals surface area contributed by atoms with Crippen LogP contribution in [-0.4, -0.2) is 30.6 Å². The number of unbranched alkanes of at least 4 members (excludes halogenated alkanes) is 1. The zero-order valence-electron chi connectivity index (χ0n) is 10.9. The number of nitrogens with one attached hydrogen (secondary N) is 1. The van der Waals surface area contributed by atoms with Gasteiger partial charge in [0.05, 0.1) is 11.6 Å². The van der Waals surface area contributed by atoms with Crippen molar-refractivity contribution in [2.24, 2.45) is 10.7 Å². The summed E-state index contributed by atoms with van der Waals surface area (Å²) in [5.41, 5.74) is 5.66. The fourth-order valence-corrected chi connectivity index (χ4v) is 1.31. The number of pyridine rings is 1. The lowest BCUT2D eigenvalue weighted by Gasteiger charge is -2.07. The Hall–Kier alpha value is -0.760. The number of rotatable bonds is 7. The van der Waals surface area contributed by atoms with E-state index in [1.165, 1.54) is 0 Å². The van der Waals surface area contributed by atoms with Crippen LogP contribution < -0.4 is 15.8 Å². The molecule has 1 aromatic heterocycles. The summed E-state index contributed by atoms with van der Waals surface area (Å²) in [6.07, 6.45) is 3.71. The molecule has 7 heteroatoms. The third kappa shape index (κ3) is 8.88. The van der Waals surface area contributed by atoms with Gasteiger partial charge in [0, 0.05) is 18.8 Å². The highest BCUT2D eigenvalue weighted by atomic mass is 127. The van der Waals surface area contributed by atoms with Crippen molar-refractivity contribution in [3.05, 3.63) is 23.4 Å². The molecule has 0 bridgehead atoms. The molecule has 0 radical (unpaired) electrons. The maximum Gasteiger partial charge on any atom is 0.213 e. The van der Waals surface area contributed by atoms with Gasteiger partial charge >= 0.3 is 0 Å². The fourth-order valence-electron chi connectivity index (χ4n) is 1.20. The SMILES string of the molecule is CCCCN=C(N)NCCOc1ccc(Cl)cn1.I. The van der Waals surface area contributed by atoms with Gasteiger partial charge in [-0.3, -0.25) is 4.99 Å². The maximum absolute atomic E-state index is 5.71. The number of hydrogen-bond donors (Lipinski definition) is 2. The second-order valence-electron chi connectivity index (χ2n) is 3.71. The molecule has 108 valence electrons. The topological polar surface area (TPSA) is 72.5 Å². The molecule has 0 aliphatic rings. The van der Waals surface area contributed by atoms with E-state index in [1.807, 2.05) is 0 Å². The molecular weight excluding hydrogens is 379 g/mol. The van der Waals surface area contributed by atoms with Crippen molar-refractivity contribution in [1.82, 2.24) is 10.3 Å². The summed E-state index contributed by atoms with van der Waals surface area (Å²) in [5.74, 6) is 0.999. The summed E-state index contributed by atoms with van der Waals surface area (Å²) in [6, 6.07) is 3.46. The average molecular weight is 399 g/mol. The quantitative estimate of drug-likeness (QED) is 0.320. The average Bonchev–Trinajstić information content (AvgIpc) is 2.37. The van der Waals surface area contributed by atoms with Gasteiger partial charge in [-0.2, -0.15) is 0 Å². The van der Waals surface area contributed by atoms with Crippen LogP contribution in [0, 0.1) is 0 Å². The van der Waals surface area contributed by atoms with Gasteiger partial charge in [0.2, 0.25) is 5.88 Å². The number of nitrogens with two attached hydrogens (primary N) is 1. The van der Waals surface area contributed by atoms with E-state index in [0.717, 1.165) is 19.4 Å². The number of aromatic nitrogens is 1. The highest BCUT2D eigenvalue weighted by Crippen LogP contribution is 2.10. The van der Waals surface area contributed by atoms with Crippen LogP contribution in [0.1, 0.15) is 19.8 Å². The molecule has 0 aromatic carbocycles. The van der Waals surface area contributed by atoms with Gasteiger partial charge in [-0.25, -0.2) is 4.98 Å². The van der Waals surface area contributed by atoms with Crippen LogP contribution in [0.3, 0.4) is 0 Å². The minimum Gasteiger partial charge on any atom is -0.476 e. The zero-order valence-corrected chi connectivity index (χ0v) is 14.0. The molecular formula is C12H20ClIN4O. The van der Waals surface area contributed by atoms with Gasteiger partial charge in [0.25, 0.3) is 0 Å². The molecule has 19 heavy (non-hydrogen) atoms. The van der Waals surface area contributed by atoms with Crippen LogP contribution in [0.15, 0.2) is 23.3 Å². The predicted molar refractivity (Wildman–Crippen MR) is 89.6 cm³/mol. The lowest BCUT2D eigenvalue weighted by molar-refractivity contribution is 0.310. The van der Waals surface area contributed by atoms with Gasteiger partial charge in [0.15, 0.2) is 5.96 Å². The fraction of sp³-hybridized carbons (Fsp3) is 0.500. The van der Waals surface area contributed by atoms with Crippen molar-refractivity contribution < 1.29 is 4.74 Å². The monoisotopic (exact) mass is 398 g/mol. The smallest absolute Gasteiger partial charge is 0.213 e. The Morgan fingerprint density at radius 2 is 2.32 bits per heavy atom. The Kier molecular flexibility index (Phi) is 10.7. The molecule has 3 N–H and O–H groups in total. The van der Waals surface area contributed by atoms with E-state index in [1.54, 1.807) is 18.3 Å². The van der Waals surface area contributed by atoms with E-state index in [0.29, 0.717) is 30.0 Å². The minimum absolute atomic E-state index is 0. The maximum atomic E-state index is 5.71. The van der Waals surface area contributed by atoms with Crippen molar-refractivity contribution in [2.75, 3.05) is 19.7 Å². The first kappa shape index (κ1) is 18.2. The molecule has 1 aromatic rings. The third-order valence-corrected chi connectivity index (χ3v) is 2.38. The van der Waals surface area contributed by atoms with E-state index in [4.69, 9.17) is 22.1 Å². The largest absolute Gasteiger partial charge is 0.476 e. The van der Waals surface area contributed by atoms with Crippen molar-refractivity contribution in [1.29, 1.82) is 0 Å². The molecule has 0 amide bonds. The second-order valence-corrected chi connectivity index (χ2v) is 4.15. The van der Waals surface area contributed by atoms with Crippen LogP contribution in [0.2, 0.25) is 5.02 Å². The first-order valence-electron chi connectivity index (χ1n) is 6.00. The van der Waals surface area contributed by atoms with Crippen molar-refractivity contribution >= 4 is 41.5 Å². The van der Waals surface area contributed by atoms with Gasteiger partial charge in [-0.1, -0.05) is 24.9 Å². The summed E-state index contributed by atoms with van der Waals surface area (Å²) < 4.78 is 5.39. The van der Waals surface area contributed by atoms with Crippen molar-refractivity contribution in [2.45, 2.75) is 19.8 Å². The lowest BCUT2D eigenvalue weighted by Crippen LogP contribution is -2.34. The Labute approximate surface area is 136 Å². The number of aliphatic imine (C=N–C) groups is 1. The van der Waals surface area contributed by atoms with Gasteiger partial charge < -0.3 is 15.8 Å². The van der Waals surface area contributed by atoms with E-state index < -0.39 is 0 Å². The molecule has 0 spiro atoms. The highest BCUT2D eigenvalue weighted by molar-refractivity contribution is 14.0. The van der Waals surface area contributed by atoms with Gasteiger partial charge in [-0.05, 0) is 12.5 Å². The first-order chi connectivity index (χ1) is 8.72. The Balaban J connectivity index is 0.00000324. The Bertz CT molecular complexity index is 372. The van der Waals surface area contributed by atoms with E-state index in [2.05, 4.69) is 22.2 Å². The second kappa shape index (κ2) is 11.1. The van der Waals surface area contributed by atoms with Crippen LogP contribution >= 0.6 is 35.6 Å². The number of nitrogens with zero attached hydrogens (tertiary/aromatic N) is 2. The number of ether oxygens (including phenoxy) is 1. The number of guanidine groups is 1. The lowest BCUT2D eigenvalue weighted by atomic mass is 10.3. The van der Waals surface area contributed by atoms with Crippen molar-refractivity contribution in [3.8, 4) is 5.88 Å². The molecule has 1 heterocycles. The standard InChI is InChI=1S/C12H19ClN4O.HI/c1-2-3-6-15-12(14)16-7-8-18-11-5-4-10(13)9-17-11;/h4-5,9H,2-3,6-8H2,1H3,(H3,14,15,16);1H. The van der Waals surface area contributed by atoms with Gasteiger partial charge in [0.1, 0.15) is 6.61 Å². The highest BCUT2D eigenvalue weighted by Gasteiger charge is 1.96.